The van der Waals surface area contributed by atoms with Crippen LogP contribution < -0.4 is 4.90 Å². The van der Waals surface area contributed by atoms with Gasteiger partial charge in [0.2, 0.25) is 0 Å². The van der Waals surface area contributed by atoms with Crippen molar-refractivity contribution in [2.75, 3.05) is 17.2 Å². The molecule has 1 heterocycles. The summed E-state index contributed by atoms with van der Waals surface area (Å²) in [6, 6.07) is 15.3. The van der Waals surface area contributed by atoms with Gasteiger partial charge in [-0.25, -0.2) is 0 Å². The van der Waals surface area contributed by atoms with Crippen LogP contribution in [0.15, 0.2) is 57.9 Å². The van der Waals surface area contributed by atoms with Gasteiger partial charge in [-0.2, -0.15) is 0 Å². The summed E-state index contributed by atoms with van der Waals surface area (Å²) in [7, 11) is 0. The average Bonchev–Trinajstić information content (AvgIpc) is 2.73. The molecule has 5 heteroatoms. The SMILES string of the molecule is O=C1C(=O)N(CCSc2ccccc2)c2cc(Br)ccc21. The number of hydrogen-bond acceptors (Lipinski definition) is 3. The van der Waals surface area contributed by atoms with Crippen LogP contribution in [0.5, 0.6) is 0 Å². The zero-order valence-corrected chi connectivity index (χ0v) is 13.5. The molecule has 3 nitrogen and oxygen atoms in total. The van der Waals surface area contributed by atoms with Crippen LogP contribution in [0.25, 0.3) is 0 Å². The van der Waals surface area contributed by atoms with E-state index in [-0.39, 0.29) is 0 Å². The van der Waals surface area contributed by atoms with Gasteiger partial charge in [-0.05, 0) is 30.3 Å². The van der Waals surface area contributed by atoms with Crippen molar-refractivity contribution >= 4 is 45.1 Å². The molecule has 2 aromatic carbocycles. The van der Waals surface area contributed by atoms with Crippen LogP contribution in [0.1, 0.15) is 10.4 Å². The maximum absolute atomic E-state index is 12.1. The highest BCUT2D eigenvalue weighted by molar-refractivity contribution is 9.10. The Balaban J connectivity index is 1.73. The van der Waals surface area contributed by atoms with Gasteiger partial charge in [-0.3, -0.25) is 9.59 Å². The minimum Gasteiger partial charge on any atom is -0.304 e. The molecule has 0 aliphatic carbocycles. The monoisotopic (exact) mass is 361 g/mol. The maximum atomic E-state index is 12.1. The van der Waals surface area contributed by atoms with Gasteiger partial charge in [-0.15, -0.1) is 11.8 Å². The number of hydrogen-bond donors (Lipinski definition) is 0. The third-order valence-electron chi connectivity index (χ3n) is 3.26. The fraction of sp³-hybridized carbons (Fsp3) is 0.125. The van der Waals surface area contributed by atoms with Crippen LogP contribution in [0.4, 0.5) is 5.69 Å². The molecule has 2 aromatic rings. The predicted octanol–water partition coefficient (Wildman–Crippen LogP) is 3.77. The van der Waals surface area contributed by atoms with Crippen molar-refractivity contribution in [2.24, 2.45) is 0 Å². The second-order valence-electron chi connectivity index (χ2n) is 4.61. The molecule has 0 atom stereocenters. The Labute approximate surface area is 135 Å². The summed E-state index contributed by atoms with van der Waals surface area (Å²) in [6.45, 7) is 0.521. The molecule has 0 radical (unpaired) electrons. The van der Waals surface area contributed by atoms with Crippen molar-refractivity contribution in [3.8, 4) is 0 Å². The lowest BCUT2D eigenvalue weighted by Crippen LogP contribution is -2.31. The van der Waals surface area contributed by atoms with E-state index in [0.29, 0.717) is 17.8 Å². The lowest BCUT2D eigenvalue weighted by atomic mass is 10.1. The molecule has 106 valence electrons. The van der Waals surface area contributed by atoms with Gasteiger partial charge >= 0.3 is 0 Å². The first-order valence-corrected chi connectivity index (χ1v) is 8.28. The Bertz CT molecular complexity index is 703. The van der Waals surface area contributed by atoms with Crippen LogP contribution in [0.3, 0.4) is 0 Å². The topological polar surface area (TPSA) is 37.4 Å². The Morgan fingerprint density at radius 1 is 1.05 bits per heavy atom. The smallest absolute Gasteiger partial charge is 0.299 e. The van der Waals surface area contributed by atoms with Crippen molar-refractivity contribution in [3.05, 3.63) is 58.6 Å². The van der Waals surface area contributed by atoms with E-state index >= 15 is 0 Å². The van der Waals surface area contributed by atoms with E-state index in [1.165, 1.54) is 0 Å². The first-order chi connectivity index (χ1) is 10.2. The van der Waals surface area contributed by atoms with Crippen LogP contribution in [0.2, 0.25) is 0 Å². The highest BCUT2D eigenvalue weighted by Crippen LogP contribution is 2.32. The van der Waals surface area contributed by atoms with Gasteiger partial charge in [0.1, 0.15) is 0 Å². The van der Waals surface area contributed by atoms with E-state index in [2.05, 4.69) is 15.9 Å². The van der Waals surface area contributed by atoms with Gasteiger partial charge in [0.05, 0.1) is 11.3 Å². The number of carbonyl (C=O) groups excluding carboxylic acids is 2. The number of benzene rings is 2. The van der Waals surface area contributed by atoms with Gasteiger partial charge in [0.15, 0.2) is 0 Å². The number of nitrogens with zero attached hydrogens (tertiary/aromatic N) is 1. The standard InChI is InChI=1S/C16H12BrNO2S/c17-11-6-7-13-14(10-11)18(16(20)15(13)19)8-9-21-12-4-2-1-3-5-12/h1-7,10H,8-9H2. The average molecular weight is 362 g/mol. The molecule has 0 N–H and O–H groups in total. The molecule has 0 saturated carbocycles. The Morgan fingerprint density at radius 2 is 1.81 bits per heavy atom. The Hall–Kier alpha value is -1.59. The second kappa shape index (κ2) is 6.03. The normalized spacial score (nSPS) is 13.7. The summed E-state index contributed by atoms with van der Waals surface area (Å²) < 4.78 is 0.865. The number of anilines is 1. The zero-order chi connectivity index (χ0) is 14.8. The molecule has 21 heavy (non-hydrogen) atoms. The van der Waals surface area contributed by atoms with E-state index in [1.807, 2.05) is 36.4 Å². The van der Waals surface area contributed by atoms with E-state index in [0.717, 1.165) is 15.1 Å². The van der Waals surface area contributed by atoms with E-state index < -0.39 is 11.7 Å². The minimum absolute atomic E-state index is 0.415. The number of thioether (sulfide) groups is 1. The van der Waals surface area contributed by atoms with Crippen LogP contribution >= 0.6 is 27.7 Å². The molecule has 0 bridgehead atoms. The maximum Gasteiger partial charge on any atom is 0.299 e. The van der Waals surface area contributed by atoms with E-state index in [4.69, 9.17) is 0 Å². The van der Waals surface area contributed by atoms with Gasteiger partial charge in [-0.1, -0.05) is 34.1 Å². The zero-order valence-electron chi connectivity index (χ0n) is 11.1. The summed E-state index contributed by atoms with van der Waals surface area (Å²) in [6.07, 6.45) is 0. The third-order valence-corrected chi connectivity index (χ3v) is 4.75. The summed E-state index contributed by atoms with van der Waals surface area (Å²) in [5.41, 5.74) is 1.20. The number of ketones is 1. The van der Waals surface area contributed by atoms with E-state index in [9.17, 15) is 9.59 Å². The molecule has 0 fully saturated rings. The first kappa shape index (κ1) is 14.4. The van der Waals surface area contributed by atoms with Gasteiger partial charge in [0, 0.05) is 21.7 Å². The van der Waals surface area contributed by atoms with Gasteiger partial charge in [0.25, 0.3) is 11.7 Å². The van der Waals surface area contributed by atoms with Crippen molar-refractivity contribution in [1.82, 2.24) is 0 Å². The molecule has 1 amide bonds. The molecule has 0 saturated heterocycles. The highest BCUT2D eigenvalue weighted by atomic mass is 79.9. The summed E-state index contributed by atoms with van der Waals surface area (Å²) in [4.78, 5) is 26.7. The van der Waals surface area contributed by atoms with Crippen LogP contribution in [-0.4, -0.2) is 24.0 Å². The second-order valence-corrected chi connectivity index (χ2v) is 6.69. The number of Topliss-reactive ketones (excluding diaryl/α,β-unsaturated/α-hetero) is 1. The van der Waals surface area contributed by atoms with E-state index in [1.54, 1.807) is 28.8 Å². The number of amides is 1. The van der Waals surface area contributed by atoms with Crippen molar-refractivity contribution in [3.63, 3.8) is 0 Å². The highest BCUT2D eigenvalue weighted by Gasteiger charge is 2.35. The fourth-order valence-electron chi connectivity index (χ4n) is 2.26. The molecular weight excluding hydrogens is 350 g/mol. The summed E-state index contributed by atoms with van der Waals surface area (Å²) >= 11 is 5.06. The molecule has 1 aliphatic heterocycles. The first-order valence-electron chi connectivity index (χ1n) is 6.50. The minimum atomic E-state index is -0.434. The summed E-state index contributed by atoms with van der Waals surface area (Å²) in [5.74, 6) is -0.103. The largest absolute Gasteiger partial charge is 0.304 e. The molecule has 0 unspecified atom stereocenters. The Morgan fingerprint density at radius 3 is 2.57 bits per heavy atom. The number of rotatable bonds is 4. The number of carbonyl (C=O) groups is 2. The molecular formula is C16H12BrNO2S. The van der Waals surface area contributed by atoms with Crippen molar-refractivity contribution < 1.29 is 9.59 Å². The number of fused-ring (bicyclic) bond motifs is 1. The predicted molar refractivity (Wildman–Crippen MR) is 88.0 cm³/mol. The molecule has 0 spiro atoms. The lowest BCUT2D eigenvalue weighted by molar-refractivity contribution is -0.114. The quantitative estimate of drug-likeness (QED) is 0.614. The lowest BCUT2D eigenvalue weighted by Gasteiger charge is -2.16. The number of halogens is 1. The van der Waals surface area contributed by atoms with Crippen LogP contribution in [0, 0.1) is 0 Å². The van der Waals surface area contributed by atoms with Crippen LogP contribution in [-0.2, 0) is 4.79 Å². The molecule has 1 aliphatic rings. The Kier molecular flexibility index (Phi) is 4.12. The molecule has 0 aromatic heterocycles. The van der Waals surface area contributed by atoms with Crippen molar-refractivity contribution in [1.29, 1.82) is 0 Å². The van der Waals surface area contributed by atoms with Crippen molar-refractivity contribution in [2.45, 2.75) is 4.90 Å². The van der Waals surface area contributed by atoms with Gasteiger partial charge < -0.3 is 4.90 Å². The molecule has 3 rings (SSSR count). The third kappa shape index (κ3) is 2.89. The fourth-order valence-corrected chi connectivity index (χ4v) is 3.47. The summed E-state index contributed by atoms with van der Waals surface area (Å²) in [5, 5.41) is 0.